The van der Waals surface area contributed by atoms with Crippen LogP contribution in [0.4, 0.5) is 11.4 Å². The molecule has 2 aromatic rings. The first-order chi connectivity index (χ1) is 9.90. The van der Waals surface area contributed by atoms with Gasteiger partial charge in [-0.3, -0.25) is 20.2 Å². The molecule has 2 rings (SSSR count). The molecule has 0 radical (unpaired) electrons. The molecule has 0 saturated heterocycles. The Balaban J connectivity index is 2.49. The van der Waals surface area contributed by atoms with Gasteiger partial charge in [-0.15, -0.1) is 0 Å². The monoisotopic (exact) mass is 288 g/mol. The lowest BCUT2D eigenvalue weighted by Crippen LogP contribution is -1.97. The molecular formula is C14H12N2O5. The fourth-order valence-electron chi connectivity index (χ4n) is 1.92. The number of benzene rings is 2. The van der Waals surface area contributed by atoms with Gasteiger partial charge in [-0.05, 0) is 31.0 Å². The molecule has 0 bridgehead atoms. The third-order valence-electron chi connectivity index (χ3n) is 2.97. The van der Waals surface area contributed by atoms with Crippen molar-refractivity contribution in [2.75, 3.05) is 0 Å². The van der Waals surface area contributed by atoms with Crippen molar-refractivity contribution in [1.29, 1.82) is 0 Å². The number of nitrogens with zero attached hydrogens (tertiary/aromatic N) is 2. The Labute approximate surface area is 120 Å². The summed E-state index contributed by atoms with van der Waals surface area (Å²) in [5.41, 5.74) is 0.854. The quantitative estimate of drug-likeness (QED) is 0.627. The molecule has 0 unspecified atom stereocenters. The number of nitro groups is 2. The van der Waals surface area contributed by atoms with Gasteiger partial charge < -0.3 is 4.74 Å². The zero-order valence-corrected chi connectivity index (χ0v) is 11.4. The third kappa shape index (κ3) is 2.97. The van der Waals surface area contributed by atoms with Gasteiger partial charge in [0.25, 0.3) is 5.69 Å². The molecule has 0 amide bonds. The number of hydrogen-bond acceptors (Lipinski definition) is 5. The molecule has 0 heterocycles. The summed E-state index contributed by atoms with van der Waals surface area (Å²) in [5, 5.41) is 21.8. The predicted octanol–water partition coefficient (Wildman–Crippen LogP) is 3.91. The topological polar surface area (TPSA) is 95.5 Å². The first-order valence-corrected chi connectivity index (χ1v) is 6.07. The van der Waals surface area contributed by atoms with E-state index in [0.717, 1.165) is 17.2 Å². The van der Waals surface area contributed by atoms with Crippen molar-refractivity contribution < 1.29 is 14.6 Å². The molecule has 0 atom stereocenters. The fourth-order valence-corrected chi connectivity index (χ4v) is 1.92. The molecule has 0 aliphatic heterocycles. The molecule has 0 aromatic heterocycles. The lowest BCUT2D eigenvalue weighted by Gasteiger charge is -2.11. The Morgan fingerprint density at radius 3 is 2.10 bits per heavy atom. The number of para-hydroxylation sites is 1. The molecule has 7 nitrogen and oxygen atoms in total. The lowest BCUT2D eigenvalue weighted by molar-refractivity contribution is -0.394. The molecule has 0 fully saturated rings. The molecule has 0 aliphatic carbocycles. The molecule has 108 valence electrons. The number of nitro benzene ring substituents is 2. The van der Waals surface area contributed by atoms with Gasteiger partial charge in [0.1, 0.15) is 5.75 Å². The van der Waals surface area contributed by atoms with Gasteiger partial charge in [0.15, 0.2) is 0 Å². The van der Waals surface area contributed by atoms with E-state index in [2.05, 4.69) is 0 Å². The third-order valence-corrected chi connectivity index (χ3v) is 2.97. The van der Waals surface area contributed by atoms with Crippen LogP contribution in [0.15, 0.2) is 36.4 Å². The van der Waals surface area contributed by atoms with E-state index in [1.165, 1.54) is 12.1 Å². The highest BCUT2D eigenvalue weighted by molar-refractivity contribution is 5.56. The standard InChI is InChI=1S/C14H12N2O5/c1-9-4-3-5-10(2)14(9)21-13-7-6-11(15(17)18)8-12(13)16(19)20/h3-8H,1-2H3. The minimum Gasteiger partial charge on any atom is -0.450 e. The van der Waals surface area contributed by atoms with E-state index >= 15 is 0 Å². The normalized spacial score (nSPS) is 10.2. The zero-order chi connectivity index (χ0) is 15.6. The Morgan fingerprint density at radius 1 is 0.952 bits per heavy atom. The van der Waals surface area contributed by atoms with E-state index in [0.29, 0.717) is 5.75 Å². The highest BCUT2D eigenvalue weighted by atomic mass is 16.6. The van der Waals surface area contributed by atoms with Crippen LogP contribution < -0.4 is 4.74 Å². The van der Waals surface area contributed by atoms with E-state index < -0.39 is 15.5 Å². The summed E-state index contributed by atoms with van der Waals surface area (Å²) in [6.45, 7) is 3.64. The number of ether oxygens (including phenoxy) is 1. The Kier molecular flexibility index (Phi) is 3.84. The van der Waals surface area contributed by atoms with E-state index in [-0.39, 0.29) is 11.4 Å². The van der Waals surface area contributed by atoms with Gasteiger partial charge in [0.2, 0.25) is 5.75 Å². The molecule has 2 aromatic carbocycles. The first kappa shape index (κ1) is 14.4. The van der Waals surface area contributed by atoms with Crippen LogP contribution in [-0.2, 0) is 0 Å². The maximum atomic E-state index is 11.1. The zero-order valence-electron chi connectivity index (χ0n) is 11.4. The molecule has 21 heavy (non-hydrogen) atoms. The van der Waals surface area contributed by atoms with Crippen molar-refractivity contribution in [3.05, 3.63) is 67.8 Å². The summed E-state index contributed by atoms with van der Waals surface area (Å²) in [5.74, 6) is 0.484. The van der Waals surface area contributed by atoms with Gasteiger partial charge in [-0.1, -0.05) is 18.2 Å². The summed E-state index contributed by atoms with van der Waals surface area (Å²) >= 11 is 0. The highest BCUT2D eigenvalue weighted by Gasteiger charge is 2.22. The number of aryl methyl sites for hydroxylation is 2. The van der Waals surface area contributed by atoms with Crippen molar-refractivity contribution in [3.8, 4) is 11.5 Å². The second-order valence-corrected chi connectivity index (χ2v) is 4.49. The largest absolute Gasteiger partial charge is 0.450 e. The van der Waals surface area contributed by atoms with Crippen LogP contribution in [0.1, 0.15) is 11.1 Å². The van der Waals surface area contributed by atoms with Crippen LogP contribution in [0, 0.1) is 34.1 Å². The Hall–Kier alpha value is -2.96. The van der Waals surface area contributed by atoms with E-state index in [9.17, 15) is 20.2 Å². The van der Waals surface area contributed by atoms with Gasteiger partial charge in [0, 0.05) is 6.07 Å². The molecule has 0 N–H and O–H groups in total. The summed E-state index contributed by atoms with van der Waals surface area (Å²) in [4.78, 5) is 20.4. The van der Waals surface area contributed by atoms with Gasteiger partial charge in [-0.25, -0.2) is 0 Å². The smallest absolute Gasteiger partial charge is 0.318 e. The lowest BCUT2D eigenvalue weighted by atomic mass is 10.1. The molecule has 0 aliphatic rings. The SMILES string of the molecule is Cc1cccc(C)c1Oc1ccc([N+](=O)[O-])cc1[N+](=O)[O-]. The summed E-state index contributed by atoms with van der Waals surface area (Å²) < 4.78 is 5.60. The summed E-state index contributed by atoms with van der Waals surface area (Å²) in [7, 11) is 0. The van der Waals surface area contributed by atoms with Crippen molar-refractivity contribution in [1.82, 2.24) is 0 Å². The van der Waals surface area contributed by atoms with E-state index in [1.54, 1.807) is 0 Å². The van der Waals surface area contributed by atoms with Crippen LogP contribution >= 0.6 is 0 Å². The van der Waals surface area contributed by atoms with Gasteiger partial charge in [-0.2, -0.15) is 0 Å². The average molecular weight is 288 g/mol. The van der Waals surface area contributed by atoms with Gasteiger partial charge in [0.05, 0.1) is 15.9 Å². The second-order valence-electron chi connectivity index (χ2n) is 4.49. The van der Waals surface area contributed by atoms with Crippen LogP contribution in [-0.4, -0.2) is 9.85 Å². The van der Waals surface area contributed by atoms with Crippen LogP contribution in [0.3, 0.4) is 0 Å². The first-order valence-electron chi connectivity index (χ1n) is 6.07. The summed E-state index contributed by atoms with van der Waals surface area (Å²) in [6, 6.07) is 8.79. The Morgan fingerprint density at radius 2 is 1.57 bits per heavy atom. The van der Waals surface area contributed by atoms with Crippen molar-refractivity contribution in [2.24, 2.45) is 0 Å². The molecule has 7 heteroatoms. The maximum absolute atomic E-state index is 11.1. The number of non-ortho nitro benzene ring substituents is 1. The minimum atomic E-state index is -0.698. The highest BCUT2D eigenvalue weighted by Crippen LogP contribution is 2.36. The molecular weight excluding hydrogens is 276 g/mol. The van der Waals surface area contributed by atoms with Crippen LogP contribution in [0.25, 0.3) is 0 Å². The summed E-state index contributed by atoms with van der Waals surface area (Å²) in [6.07, 6.45) is 0. The minimum absolute atomic E-state index is 0.0250. The molecule has 0 saturated carbocycles. The Bertz CT molecular complexity index is 707. The van der Waals surface area contributed by atoms with Crippen molar-refractivity contribution in [2.45, 2.75) is 13.8 Å². The van der Waals surface area contributed by atoms with Crippen LogP contribution in [0.5, 0.6) is 11.5 Å². The van der Waals surface area contributed by atoms with E-state index in [4.69, 9.17) is 4.74 Å². The van der Waals surface area contributed by atoms with Crippen molar-refractivity contribution >= 4 is 11.4 Å². The maximum Gasteiger partial charge on any atom is 0.318 e. The van der Waals surface area contributed by atoms with Crippen molar-refractivity contribution in [3.63, 3.8) is 0 Å². The van der Waals surface area contributed by atoms with Gasteiger partial charge >= 0.3 is 5.69 Å². The predicted molar refractivity (Wildman–Crippen MR) is 75.7 cm³/mol. The fraction of sp³-hybridized carbons (Fsp3) is 0.143. The van der Waals surface area contributed by atoms with Crippen LogP contribution in [0.2, 0.25) is 0 Å². The number of rotatable bonds is 4. The molecule has 0 spiro atoms. The number of hydrogen-bond donors (Lipinski definition) is 0. The second kappa shape index (κ2) is 5.58. The average Bonchev–Trinajstić information content (AvgIpc) is 2.42. The van der Waals surface area contributed by atoms with E-state index in [1.807, 2.05) is 32.0 Å².